The average Bonchev–Trinajstić information content (AvgIpc) is 3.13. The van der Waals surface area contributed by atoms with Crippen LogP contribution in [0.3, 0.4) is 0 Å². The van der Waals surface area contributed by atoms with Crippen molar-refractivity contribution < 1.29 is 27.4 Å². The van der Waals surface area contributed by atoms with Gasteiger partial charge >= 0.3 is 0 Å². The van der Waals surface area contributed by atoms with Crippen LogP contribution in [0.2, 0.25) is 0 Å². The first-order chi connectivity index (χ1) is 14.3. The van der Waals surface area contributed by atoms with Crippen LogP contribution in [-0.4, -0.2) is 101 Å². The Morgan fingerprint density at radius 2 is 1.61 bits per heavy atom. The van der Waals surface area contributed by atoms with E-state index in [0.717, 1.165) is 43.8 Å². The van der Waals surface area contributed by atoms with E-state index in [-0.39, 0.29) is 40.2 Å². The van der Waals surface area contributed by atoms with Gasteiger partial charge in [-0.25, -0.2) is 0 Å². The highest BCUT2D eigenvalue weighted by Gasteiger charge is 2.40. The van der Waals surface area contributed by atoms with Crippen molar-refractivity contribution in [3.8, 4) is 0 Å². The van der Waals surface area contributed by atoms with Gasteiger partial charge in [0.25, 0.3) is 0 Å². The molecule has 0 bridgehead atoms. The zero-order valence-electron chi connectivity index (χ0n) is 22.5. The first-order valence-electron chi connectivity index (χ1n) is 12.5. The lowest BCUT2D eigenvalue weighted by atomic mass is 9.65. The van der Waals surface area contributed by atoms with Crippen molar-refractivity contribution in [3.05, 3.63) is 12.2 Å². The first-order valence-corrected chi connectivity index (χ1v) is 12.9. The van der Waals surface area contributed by atoms with E-state index in [4.69, 9.17) is 17.3 Å². The second kappa shape index (κ2) is 19.7. The third kappa shape index (κ3) is 12.0. The summed E-state index contributed by atoms with van der Waals surface area (Å²) in [7, 11) is 0. The minimum atomic E-state index is 0. The summed E-state index contributed by atoms with van der Waals surface area (Å²) in [6, 6.07) is 0.576. The summed E-state index contributed by atoms with van der Waals surface area (Å²) in [6.45, 7) is 18.8. The Kier molecular flexibility index (Phi) is 23.4. The van der Waals surface area contributed by atoms with Crippen molar-refractivity contribution >= 4 is 11.6 Å². The van der Waals surface area contributed by atoms with Gasteiger partial charge in [-0.3, -0.25) is 0 Å². The Morgan fingerprint density at radius 1 is 0.972 bits per heavy atom. The predicted molar refractivity (Wildman–Crippen MR) is 155 cm³/mol. The number of hydrogen-bond donors (Lipinski definition) is 2. The molecule has 0 aromatic carbocycles. The molecule has 2 saturated heterocycles. The number of rotatable bonds is 9. The van der Waals surface area contributed by atoms with E-state index in [0.29, 0.717) is 17.4 Å². The summed E-state index contributed by atoms with van der Waals surface area (Å²) >= 11 is 6.29. The van der Waals surface area contributed by atoms with Gasteiger partial charge < -0.3 is 48.2 Å². The van der Waals surface area contributed by atoms with Gasteiger partial charge in [-0.05, 0) is 74.4 Å². The summed E-state index contributed by atoms with van der Waals surface area (Å²) in [6.07, 6.45) is 9.70. The molecule has 2 unspecified atom stereocenters. The highest BCUT2D eigenvalue weighted by atomic mass is 35.5. The number of nitrogens with one attached hydrogen (secondary N) is 1. The van der Waals surface area contributed by atoms with Crippen LogP contribution in [0.1, 0.15) is 60.8 Å². The Hall–Kier alpha value is -0.330. The summed E-state index contributed by atoms with van der Waals surface area (Å²) in [5.41, 5.74) is 6.10. The average molecular weight is 545 g/mol. The van der Waals surface area contributed by atoms with E-state index >= 15 is 0 Å². The third-order valence-corrected chi connectivity index (χ3v) is 8.36. The Balaban J connectivity index is -0.000000853. The topological polar surface area (TPSA) is 202 Å². The van der Waals surface area contributed by atoms with Gasteiger partial charge in [-0.15, -0.1) is 11.6 Å². The summed E-state index contributed by atoms with van der Waals surface area (Å²) in [5.74, 6) is 2.94. The van der Waals surface area contributed by atoms with E-state index in [1.807, 2.05) is 0 Å². The normalized spacial score (nSPS) is 28.3. The van der Waals surface area contributed by atoms with E-state index in [1.165, 1.54) is 52.0 Å². The van der Waals surface area contributed by atoms with Crippen molar-refractivity contribution in [1.29, 1.82) is 0 Å². The fourth-order valence-corrected chi connectivity index (χ4v) is 6.36. The Morgan fingerprint density at radius 3 is 2.14 bits per heavy atom. The molecule has 3 aliphatic rings. The second-order valence-corrected chi connectivity index (χ2v) is 11.8. The van der Waals surface area contributed by atoms with E-state index in [1.54, 1.807) is 0 Å². The zero-order valence-corrected chi connectivity index (χ0v) is 23.2. The number of nitrogens with zero attached hydrogens (tertiary/aromatic N) is 2. The maximum Gasteiger partial charge on any atom is 0.0516 e. The van der Waals surface area contributed by atoms with Crippen molar-refractivity contribution in [2.45, 2.75) is 72.2 Å². The van der Waals surface area contributed by atoms with E-state index in [9.17, 15) is 0 Å². The van der Waals surface area contributed by atoms with E-state index < -0.39 is 0 Å². The van der Waals surface area contributed by atoms with Crippen LogP contribution >= 0.6 is 11.6 Å². The summed E-state index contributed by atoms with van der Waals surface area (Å²) in [5, 5.41) is 4.21. The van der Waals surface area contributed by atoms with Crippen LogP contribution in [0.5, 0.6) is 0 Å². The number of allylic oxidation sites excluding steroid dienone is 2. The van der Waals surface area contributed by atoms with Gasteiger partial charge in [0.1, 0.15) is 0 Å². The van der Waals surface area contributed by atoms with Gasteiger partial charge in [-0.1, -0.05) is 47.3 Å². The van der Waals surface area contributed by atoms with Gasteiger partial charge in [0.15, 0.2) is 0 Å². The third-order valence-electron chi connectivity index (χ3n) is 7.99. The lowest BCUT2D eigenvalue weighted by molar-refractivity contribution is 0.0218. The Bertz CT molecular complexity index is 570. The number of piperidine rings is 1. The highest BCUT2D eigenvalue weighted by molar-refractivity contribution is 6.21. The number of halogens is 1. The quantitative estimate of drug-likeness (QED) is 0.310. The van der Waals surface area contributed by atoms with Gasteiger partial charge in [0.2, 0.25) is 0 Å². The standard InChI is InChI=1S/C25H47ClN4.CH4.5H2O/c1-19(2)24(28-15-20-9-12-29(16-20)14-11-27)17-30-13-10-23(25(3,4)18-30)21-5-7-22(26)8-6-21;;;;;;/h5,7,19-24,28H,6,8-18,27H2,1-4H3;1H4;5*1H2/t20-,21?,22?,23+,24-;;;;;;/m0....../s1. The molecule has 13 N–H and O–H groups in total. The zero-order chi connectivity index (χ0) is 21.7. The lowest BCUT2D eigenvalue weighted by Gasteiger charge is -2.48. The maximum atomic E-state index is 6.29. The highest BCUT2D eigenvalue weighted by Crippen LogP contribution is 2.43. The molecule has 2 fully saturated rings. The van der Waals surface area contributed by atoms with Crippen molar-refractivity contribution in [1.82, 2.24) is 15.1 Å². The van der Waals surface area contributed by atoms with Crippen LogP contribution in [-0.2, 0) is 0 Å². The lowest BCUT2D eigenvalue weighted by Crippen LogP contribution is -2.53. The molecule has 0 saturated carbocycles. The molecule has 0 radical (unpaired) electrons. The minimum Gasteiger partial charge on any atom is -0.412 e. The number of nitrogens with two attached hydrogens (primary N) is 1. The summed E-state index contributed by atoms with van der Waals surface area (Å²) < 4.78 is 0. The smallest absolute Gasteiger partial charge is 0.0516 e. The van der Waals surface area contributed by atoms with Crippen LogP contribution < -0.4 is 11.1 Å². The van der Waals surface area contributed by atoms with Crippen LogP contribution in [0.4, 0.5) is 0 Å². The monoisotopic (exact) mass is 544 g/mol. The molecule has 2 heterocycles. The molecule has 1 aliphatic carbocycles. The fourth-order valence-electron chi connectivity index (χ4n) is 6.15. The van der Waals surface area contributed by atoms with Crippen molar-refractivity contribution in [2.24, 2.45) is 34.8 Å². The molecule has 9 nitrogen and oxygen atoms in total. The number of alkyl halides is 1. The molecule has 3 rings (SSSR count). The van der Waals surface area contributed by atoms with Crippen LogP contribution in [0, 0.1) is 29.1 Å². The fraction of sp³-hybridized carbons (Fsp3) is 0.923. The summed E-state index contributed by atoms with van der Waals surface area (Å²) in [4.78, 5) is 5.26. The molecule has 0 spiro atoms. The predicted octanol–water partition coefficient (Wildman–Crippen LogP) is 0.316. The molecule has 0 amide bonds. The van der Waals surface area contributed by atoms with Crippen LogP contribution in [0.25, 0.3) is 0 Å². The molecule has 222 valence electrons. The van der Waals surface area contributed by atoms with Crippen molar-refractivity contribution in [2.75, 3.05) is 52.4 Å². The maximum absolute atomic E-state index is 6.29. The second-order valence-electron chi connectivity index (χ2n) is 11.3. The van der Waals surface area contributed by atoms with Crippen LogP contribution in [0.15, 0.2) is 12.2 Å². The SMILES string of the molecule is C.CC(C)[C@H](CN1CC[C@H](C2C=CC(Cl)CC2)C(C)(C)C1)NC[C@@H]1CCN(CCN)C1.O.O.O.O.O. The molecular formula is C26H61ClN4O5. The van der Waals surface area contributed by atoms with Crippen molar-refractivity contribution in [3.63, 3.8) is 0 Å². The molecule has 36 heavy (non-hydrogen) atoms. The largest absolute Gasteiger partial charge is 0.412 e. The molecule has 0 aromatic heterocycles. The molecule has 0 aromatic rings. The Labute approximate surface area is 225 Å². The first kappa shape index (κ1) is 42.7. The van der Waals surface area contributed by atoms with Gasteiger partial charge in [-0.2, -0.15) is 0 Å². The molecule has 10 heteroatoms. The molecule has 5 atom stereocenters. The number of hydrogen-bond acceptors (Lipinski definition) is 4. The molecular weight excluding hydrogens is 484 g/mol. The number of likely N-dealkylation sites (tertiary alicyclic amines) is 2. The van der Waals surface area contributed by atoms with E-state index in [2.05, 4.69) is 55.0 Å². The van der Waals surface area contributed by atoms with Gasteiger partial charge in [0.05, 0.1) is 5.38 Å². The minimum absolute atomic E-state index is 0. The van der Waals surface area contributed by atoms with Gasteiger partial charge in [0, 0.05) is 38.8 Å². The molecule has 2 aliphatic heterocycles.